The van der Waals surface area contributed by atoms with Crippen molar-refractivity contribution in [2.24, 2.45) is 0 Å². The Bertz CT molecular complexity index is 280. The van der Waals surface area contributed by atoms with E-state index in [9.17, 15) is 0 Å². The molecule has 0 aromatic heterocycles. The van der Waals surface area contributed by atoms with Gasteiger partial charge < -0.3 is 31.0 Å². The van der Waals surface area contributed by atoms with E-state index in [-0.39, 0.29) is 0 Å². The van der Waals surface area contributed by atoms with E-state index in [2.05, 4.69) is 13.1 Å². The summed E-state index contributed by atoms with van der Waals surface area (Å²) in [5.41, 5.74) is 0. The van der Waals surface area contributed by atoms with Crippen molar-refractivity contribution >= 4 is 25.9 Å². The Kier molecular flexibility index (Phi) is 10.5. The van der Waals surface area contributed by atoms with E-state index in [1.165, 1.54) is 0 Å². The first-order chi connectivity index (χ1) is 10.3. The molecular formula is C12H32O7Si3. The van der Waals surface area contributed by atoms with E-state index < -0.39 is 25.9 Å². The monoisotopic (exact) mass is 372 g/mol. The van der Waals surface area contributed by atoms with E-state index in [1.54, 1.807) is 42.7 Å². The molecule has 0 radical (unpaired) electrons. The second kappa shape index (κ2) is 10.3. The molecular weight excluding hydrogens is 340 g/mol. The minimum Gasteiger partial charge on any atom is -0.417 e. The Labute approximate surface area is 138 Å². The fourth-order valence-electron chi connectivity index (χ4n) is 2.09. The molecule has 22 heavy (non-hydrogen) atoms. The summed E-state index contributed by atoms with van der Waals surface area (Å²) in [7, 11) is 2.76. The average molecular weight is 373 g/mol. The molecule has 0 N–H and O–H groups in total. The van der Waals surface area contributed by atoms with Gasteiger partial charge in [-0.2, -0.15) is 0 Å². The zero-order valence-corrected chi connectivity index (χ0v) is 18.2. The van der Waals surface area contributed by atoms with Crippen LogP contribution in [0.3, 0.4) is 0 Å². The van der Waals surface area contributed by atoms with Gasteiger partial charge in [-0.15, -0.1) is 0 Å². The maximum absolute atomic E-state index is 6.11. The molecule has 0 fully saturated rings. The molecule has 10 heteroatoms. The van der Waals surface area contributed by atoms with Crippen molar-refractivity contribution in [1.29, 1.82) is 0 Å². The molecule has 0 atom stereocenters. The highest BCUT2D eigenvalue weighted by Gasteiger charge is 2.41. The van der Waals surface area contributed by atoms with Gasteiger partial charge >= 0.3 is 17.6 Å². The first-order valence-electron chi connectivity index (χ1n) is 7.23. The summed E-state index contributed by atoms with van der Waals surface area (Å²) in [6, 6.07) is 2.28. The van der Waals surface area contributed by atoms with E-state index in [0.29, 0.717) is 12.7 Å². The predicted octanol–water partition coefficient (Wildman–Crippen LogP) is 1.96. The molecule has 0 saturated carbocycles. The standard InChI is InChI=1S/C12H32O7Si3/c1-13-21(14-2,15-3)10-9-19-20(7,8)11-12-22(16-4,17-5)18-6/h9-12H2,1-8H3. The quantitative estimate of drug-likeness (QED) is 0.458. The number of hydrogen-bond donors (Lipinski definition) is 0. The molecule has 0 saturated heterocycles. The van der Waals surface area contributed by atoms with Crippen LogP contribution in [-0.4, -0.2) is 75.2 Å². The minimum atomic E-state index is -2.57. The Morgan fingerprint density at radius 3 is 1.27 bits per heavy atom. The Morgan fingerprint density at radius 2 is 0.909 bits per heavy atom. The van der Waals surface area contributed by atoms with Gasteiger partial charge in [0.05, 0.1) is 0 Å². The minimum absolute atomic E-state index is 0.558. The van der Waals surface area contributed by atoms with Crippen LogP contribution in [0.2, 0.25) is 31.2 Å². The second-order valence-electron chi connectivity index (χ2n) is 5.45. The molecule has 0 amide bonds. The summed E-state index contributed by atoms with van der Waals surface area (Å²) >= 11 is 0. The lowest BCUT2D eigenvalue weighted by atomic mass is 10.9. The summed E-state index contributed by atoms with van der Waals surface area (Å²) in [6.45, 7) is 4.90. The van der Waals surface area contributed by atoms with Gasteiger partial charge in [-0.1, -0.05) is 0 Å². The van der Waals surface area contributed by atoms with Crippen LogP contribution in [0, 0.1) is 0 Å². The maximum Gasteiger partial charge on any atom is 0.502 e. The molecule has 0 bridgehead atoms. The van der Waals surface area contributed by atoms with Crippen LogP contribution < -0.4 is 0 Å². The van der Waals surface area contributed by atoms with Crippen molar-refractivity contribution in [3.8, 4) is 0 Å². The molecule has 0 heterocycles. The van der Waals surface area contributed by atoms with E-state index in [4.69, 9.17) is 31.0 Å². The van der Waals surface area contributed by atoms with Crippen LogP contribution in [0.1, 0.15) is 0 Å². The van der Waals surface area contributed by atoms with Gasteiger partial charge in [0.1, 0.15) is 0 Å². The lowest BCUT2D eigenvalue weighted by Gasteiger charge is -2.30. The summed E-state index contributed by atoms with van der Waals surface area (Å²) in [5.74, 6) is 0. The number of rotatable bonds is 13. The number of hydrogen-bond acceptors (Lipinski definition) is 7. The maximum atomic E-state index is 6.11. The summed E-state index contributed by atoms with van der Waals surface area (Å²) in [6.07, 6.45) is 0. The van der Waals surface area contributed by atoms with Crippen molar-refractivity contribution in [2.45, 2.75) is 31.2 Å². The van der Waals surface area contributed by atoms with Crippen LogP contribution in [0.5, 0.6) is 0 Å². The molecule has 0 aliphatic heterocycles. The lowest BCUT2D eigenvalue weighted by Crippen LogP contribution is -2.46. The first-order valence-corrected chi connectivity index (χ1v) is 14.2. The van der Waals surface area contributed by atoms with E-state index >= 15 is 0 Å². The van der Waals surface area contributed by atoms with Crippen LogP contribution >= 0.6 is 0 Å². The molecule has 0 aliphatic carbocycles. The molecule has 134 valence electrons. The normalized spacial score (nSPS) is 13.6. The fraction of sp³-hybridized carbons (Fsp3) is 1.00. The SMILES string of the molecule is CO[Si](CCO[Si](C)(C)CC[Si](OC)(OC)OC)(OC)OC. The third-order valence-electron chi connectivity index (χ3n) is 3.80. The van der Waals surface area contributed by atoms with Gasteiger partial charge in [-0.3, -0.25) is 0 Å². The fourth-order valence-corrected chi connectivity index (χ4v) is 9.30. The van der Waals surface area contributed by atoms with Crippen molar-refractivity contribution in [2.75, 3.05) is 49.3 Å². The van der Waals surface area contributed by atoms with E-state index in [1.807, 2.05) is 0 Å². The predicted molar refractivity (Wildman–Crippen MR) is 91.4 cm³/mol. The largest absolute Gasteiger partial charge is 0.502 e. The van der Waals surface area contributed by atoms with Crippen LogP contribution in [0.4, 0.5) is 0 Å². The topological polar surface area (TPSA) is 64.6 Å². The second-order valence-corrected chi connectivity index (χ2v) is 15.9. The highest BCUT2D eigenvalue weighted by atomic mass is 28.4. The third kappa shape index (κ3) is 6.86. The Hall–Kier alpha value is 0.371. The van der Waals surface area contributed by atoms with E-state index in [0.717, 1.165) is 12.1 Å². The average Bonchev–Trinajstić information content (AvgIpc) is 2.54. The van der Waals surface area contributed by atoms with Gasteiger partial charge in [0.2, 0.25) is 0 Å². The van der Waals surface area contributed by atoms with Gasteiger partial charge in [0, 0.05) is 61.4 Å². The zero-order valence-electron chi connectivity index (χ0n) is 15.2. The highest BCUT2D eigenvalue weighted by molar-refractivity contribution is 6.73. The van der Waals surface area contributed by atoms with Gasteiger partial charge in [0.25, 0.3) is 0 Å². The molecule has 0 aromatic rings. The van der Waals surface area contributed by atoms with Gasteiger partial charge in [-0.05, 0) is 19.1 Å². The molecule has 7 nitrogen and oxygen atoms in total. The molecule has 0 unspecified atom stereocenters. The van der Waals surface area contributed by atoms with Gasteiger partial charge in [0.15, 0.2) is 8.32 Å². The third-order valence-corrected chi connectivity index (χ3v) is 12.2. The van der Waals surface area contributed by atoms with Crippen LogP contribution in [0.15, 0.2) is 0 Å². The molecule has 0 aliphatic rings. The lowest BCUT2D eigenvalue weighted by molar-refractivity contribution is 0.116. The van der Waals surface area contributed by atoms with Crippen molar-refractivity contribution < 1.29 is 31.0 Å². The van der Waals surface area contributed by atoms with Gasteiger partial charge in [-0.25, -0.2) is 0 Å². The van der Waals surface area contributed by atoms with Crippen LogP contribution in [-0.2, 0) is 31.0 Å². The molecule has 0 aromatic carbocycles. The Balaban J connectivity index is 4.41. The highest BCUT2D eigenvalue weighted by Crippen LogP contribution is 2.23. The summed E-state index contributed by atoms with van der Waals surface area (Å²) < 4.78 is 38.6. The summed E-state index contributed by atoms with van der Waals surface area (Å²) in [4.78, 5) is 0. The van der Waals surface area contributed by atoms with Crippen molar-refractivity contribution in [3.05, 3.63) is 0 Å². The molecule has 0 rings (SSSR count). The van der Waals surface area contributed by atoms with Crippen molar-refractivity contribution in [1.82, 2.24) is 0 Å². The first kappa shape index (κ1) is 22.4. The zero-order chi connectivity index (χ0) is 17.3. The van der Waals surface area contributed by atoms with Crippen molar-refractivity contribution in [3.63, 3.8) is 0 Å². The van der Waals surface area contributed by atoms with Crippen LogP contribution in [0.25, 0.3) is 0 Å². The smallest absolute Gasteiger partial charge is 0.417 e. The molecule has 0 spiro atoms. The Morgan fingerprint density at radius 1 is 0.545 bits per heavy atom. The summed E-state index contributed by atoms with van der Waals surface area (Å²) in [5, 5.41) is 0.